The Labute approximate surface area is 104 Å². The molecule has 0 spiro atoms. The lowest BCUT2D eigenvalue weighted by atomic mass is 9.96. The second kappa shape index (κ2) is 5.62. The van der Waals surface area contributed by atoms with E-state index in [1.54, 1.807) is 11.0 Å². The van der Waals surface area contributed by atoms with Crippen LogP contribution in [0.4, 0.5) is 0 Å². The van der Waals surface area contributed by atoms with E-state index in [1.807, 2.05) is 44.2 Å². The lowest BCUT2D eigenvalue weighted by Crippen LogP contribution is -2.14. The zero-order chi connectivity index (χ0) is 12.9. The summed E-state index contributed by atoms with van der Waals surface area (Å²) in [6.45, 7) is 10.3. The molecule has 0 radical (unpaired) electrons. The molecule has 2 aromatic rings. The van der Waals surface area contributed by atoms with Crippen LogP contribution in [-0.2, 0) is 5.41 Å². The molecule has 0 saturated heterocycles. The van der Waals surface area contributed by atoms with Crippen molar-refractivity contribution in [2.75, 3.05) is 0 Å². The van der Waals surface area contributed by atoms with E-state index >= 15 is 0 Å². The van der Waals surface area contributed by atoms with Gasteiger partial charge < -0.3 is 0 Å². The van der Waals surface area contributed by atoms with Crippen LogP contribution < -0.4 is 0 Å². The molecule has 2 rings (SSSR count). The molecule has 3 nitrogen and oxygen atoms in total. The summed E-state index contributed by atoms with van der Waals surface area (Å²) >= 11 is 0. The number of aromatic nitrogens is 3. The Balaban J connectivity index is 0.000000686. The van der Waals surface area contributed by atoms with E-state index in [9.17, 15) is 0 Å². The molecular weight excluding hydrogens is 210 g/mol. The van der Waals surface area contributed by atoms with Crippen molar-refractivity contribution in [3.63, 3.8) is 0 Å². The monoisotopic (exact) mass is 231 g/mol. The highest BCUT2D eigenvalue weighted by Gasteiger charge is 2.18. The van der Waals surface area contributed by atoms with Crippen LogP contribution >= 0.6 is 0 Å². The number of para-hydroxylation sites is 1. The highest BCUT2D eigenvalue weighted by molar-refractivity contribution is 5.29. The smallest absolute Gasteiger partial charge is 0.156 e. The summed E-state index contributed by atoms with van der Waals surface area (Å²) in [7, 11) is 0. The first-order valence-electron chi connectivity index (χ1n) is 6.05. The van der Waals surface area contributed by atoms with Gasteiger partial charge in [0.05, 0.1) is 5.69 Å². The third-order valence-corrected chi connectivity index (χ3v) is 2.18. The van der Waals surface area contributed by atoms with Gasteiger partial charge in [0.15, 0.2) is 5.82 Å². The Bertz CT molecular complexity index is 438. The lowest BCUT2D eigenvalue weighted by Gasteiger charge is -2.12. The normalized spacial score (nSPS) is 10.6. The molecule has 92 valence electrons. The number of rotatable bonds is 1. The van der Waals surface area contributed by atoms with Gasteiger partial charge in [-0.25, -0.2) is 9.67 Å². The van der Waals surface area contributed by atoms with E-state index in [0.717, 1.165) is 11.5 Å². The van der Waals surface area contributed by atoms with Gasteiger partial charge in [0.2, 0.25) is 0 Å². The summed E-state index contributed by atoms with van der Waals surface area (Å²) in [4.78, 5) is 4.32. The quantitative estimate of drug-likeness (QED) is 0.751. The zero-order valence-electron chi connectivity index (χ0n) is 11.3. The minimum atomic E-state index is 0.0000301. The van der Waals surface area contributed by atoms with Crippen LogP contribution in [0.15, 0.2) is 36.7 Å². The summed E-state index contributed by atoms with van der Waals surface area (Å²) in [5, 5.41) is 4.46. The van der Waals surface area contributed by atoms with Crippen LogP contribution in [0.25, 0.3) is 5.69 Å². The third kappa shape index (κ3) is 3.41. The van der Waals surface area contributed by atoms with Crippen molar-refractivity contribution < 1.29 is 0 Å². The standard InChI is InChI=1S/C12H15N3.C2H6/c1-12(2,3)11-13-9-15(14-11)10-7-5-4-6-8-10;1-2/h4-9H,1-3H3;1-2H3. The predicted octanol–water partition coefficient (Wildman–Crippen LogP) is 3.59. The average molecular weight is 231 g/mol. The van der Waals surface area contributed by atoms with E-state index in [-0.39, 0.29) is 5.41 Å². The van der Waals surface area contributed by atoms with Crippen molar-refractivity contribution in [2.45, 2.75) is 40.0 Å². The molecule has 3 heteroatoms. The number of benzene rings is 1. The summed E-state index contributed by atoms with van der Waals surface area (Å²) < 4.78 is 1.81. The number of hydrogen-bond donors (Lipinski definition) is 0. The second-order valence-electron chi connectivity index (χ2n) is 4.60. The number of nitrogens with zero attached hydrogens (tertiary/aromatic N) is 3. The summed E-state index contributed by atoms with van der Waals surface area (Å²) in [6.07, 6.45) is 1.76. The van der Waals surface area contributed by atoms with Gasteiger partial charge in [-0.3, -0.25) is 0 Å². The van der Waals surface area contributed by atoms with Crippen molar-refractivity contribution >= 4 is 0 Å². The highest BCUT2D eigenvalue weighted by atomic mass is 15.3. The maximum absolute atomic E-state index is 4.46. The summed E-state index contributed by atoms with van der Waals surface area (Å²) in [6, 6.07) is 10.0. The van der Waals surface area contributed by atoms with Gasteiger partial charge >= 0.3 is 0 Å². The Morgan fingerprint density at radius 2 is 1.59 bits per heavy atom. The second-order valence-corrected chi connectivity index (χ2v) is 4.60. The van der Waals surface area contributed by atoms with Gasteiger partial charge in [0.25, 0.3) is 0 Å². The average Bonchev–Trinajstić information content (AvgIpc) is 2.82. The molecule has 0 amide bonds. The van der Waals surface area contributed by atoms with Crippen molar-refractivity contribution in [1.82, 2.24) is 14.8 Å². The first-order chi connectivity index (χ1) is 8.07. The Morgan fingerprint density at radius 1 is 1.00 bits per heavy atom. The Morgan fingerprint density at radius 3 is 2.06 bits per heavy atom. The van der Waals surface area contributed by atoms with Gasteiger partial charge in [0.1, 0.15) is 6.33 Å². The minimum absolute atomic E-state index is 0.0000301. The molecule has 0 aliphatic carbocycles. The summed E-state index contributed by atoms with van der Waals surface area (Å²) in [5.74, 6) is 0.867. The van der Waals surface area contributed by atoms with Crippen LogP contribution in [-0.4, -0.2) is 14.8 Å². The van der Waals surface area contributed by atoms with Crippen molar-refractivity contribution in [2.24, 2.45) is 0 Å². The first kappa shape index (κ1) is 13.4. The van der Waals surface area contributed by atoms with E-state index in [0.29, 0.717) is 0 Å². The van der Waals surface area contributed by atoms with Crippen LogP contribution in [0, 0.1) is 0 Å². The minimum Gasteiger partial charge on any atom is -0.221 e. The molecule has 0 aliphatic rings. The molecular formula is C14H21N3. The molecule has 0 bridgehead atoms. The molecule has 1 heterocycles. The van der Waals surface area contributed by atoms with Crippen LogP contribution in [0.3, 0.4) is 0 Å². The molecule has 1 aromatic carbocycles. The first-order valence-corrected chi connectivity index (χ1v) is 6.05. The van der Waals surface area contributed by atoms with Gasteiger partial charge in [-0.2, -0.15) is 5.10 Å². The fourth-order valence-electron chi connectivity index (χ4n) is 1.31. The van der Waals surface area contributed by atoms with E-state index in [1.165, 1.54) is 0 Å². The maximum atomic E-state index is 4.46. The molecule has 0 N–H and O–H groups in total. The fraction of sp³-hybridized carbons (Fsp3) is 0.429. The van der Waals surface area contributed by atoms with Crippen molar-refractivity contribution in [3.05, 3.63) is 42.5 Å². The van der Waals surface area contributed by atoms with E-state index in [4.69, 9.17) is 0 Å². The van der Waals surface area contributed by atoms with E-state index in [2.05, 4.69) is 30.9 Å². The molecule has 0 atom stereocenters. The van der Waals surface area contributed by atoms with Crippen LogP contribution in [0.2, 0.25) is 0 Å². The fourth-order valence-corrected chi connectivity index (χ4v) is 1.31. The van der Waals surface area contributed by atoms with Crippen LogP contribution in [0.1, 0.15) is 40.4 Å². The molecule has 0 fully saturated rings. The molecule has 0 unspecified atom stereocenters. The molecule has 1 aromatic heterocycles. The topological polar surface area (TPSA) is 30.7 Å². The largest absolute Gasteiger partial charge is 0.221 e. The van der Waals surface area contributed by atoms with Crippen molar-refractivity contribution in [3.8, 4) is 5.69 Å². The number of hydrogen-bond acceptors (Lipinski definition) is 2. The third-order valence-electron chi connectivity index (χ3n) is 2.18. The van der Waals surface area contributed by atoms with Gasteiger partial charge in [0, 0.05) is 5.41 Å². The zero-order valence-corrected chi connectivity index (χ0v) is 11.3. The van der Waals surface area contributed by atoms with Gasteiger partial charge in [-0.1, -0.05) is 52.8 Å². The molecule has 17 heavy (non-hydrogen) atoms. The lowest BCUT2D eigenvalue weighted by molar-refractivity contribution is 0.543. The Kier molecular flexibility index (Phi) is 4.44. The highest BCUT2D eigenvalue weighted by Crippen LogP contribution is 2.18. The van der Waals surface area contributed by atoms with Crippen molar-refractivity contribution in [1.29, 1.82) is 0 Å². The van der Waals surface area contributed by atoms with Crippen LogP contribution in [0.5, 0.6) is 0 Å². The summed E-state index contributed by atoms with van der Waals surface area (Å²) in [5.41, 5.74) is 1.04. The maximum Gasteiger partial charge on any atom is 0.156 e. The molecule has 0 saturated carbocycles. The van der Waals surface area contributed by atoms with Gasteiger partial charge in [-0.15, -0.1) is 0 Å². The Hall–Kier alpha value is -1.64. The van der Waals surface area contributed by atoms with E-state index < -0.39 is 0 Å². The molecule has 0 aliphatic heterocycles. The SMILES string of the molecule is CC.CC(C)(C)c1ncn(-c2ccccc2)n1. The predicted molar refractivity (Wildman–Crippen MR) is 71.4 cm³/mol. The van der Waals surface area contributed by atoms with Gasteiger partial charge in [-0.05, 0) is 12.1 Å².